The second kappa shape index (κ2) is 6.83. The van der Waals surface area contributed by atoms with E-state index in [9.17, 15) is 8.42 Å². The maximum Gasteiger partial charge on any atom is 0.262 e. The van der Waals surface area contributed by atoms with Gasteiger partial charge in [0.2, 0.25) is 0 Å². The summed E-state index contributed by atoms with van der Waals surface area (Å²) in [6.07, 6.45) is 2.39. The van der Waals surface area contributed by atoms with Crippen molar-refractivity contribution in [3.05, 3.63) is 53.6 Å². The van der Waals surface area contributed by atoms with Crippen molar-refractivity contribution in [1.82, 2.24) is 5.32 Å². The van der Waals surface area contributed by atoms with E-state index in [1.807, 2.05) is 13.1 Å². The summed E-state index contributed by atoms with van der Waals surface area (Å²) in [5.41, 5.74) is 2.41. The zero-order valence-corrected chi connectivity index (χ0v) is 14.7. The van der Waals surface area contributed by atoms with Crippen LogP contribution in [0.25, 0.3) is 0 Å². The number of benzene rings is 2. The van der Waals surface area contributed by atoms with E-state index >= 15 is 0 Å². The zero-order valence-electron chi connectivity index (χ0n) is 13.9. The molecule has 0 aliphatic heterocycles. The van der Waals surface area contributed by atoms with E-state index in [0.717, 1.165) is 29.7 Å². The Labute approximate surface area is 143 Å². The molecule has 1 aliphatic rings. The van der Waals surface area contributed by atoms with Gasteiger partial charge < -0.3 is 10.1 Å². The molecule has 0 bridgehead atoms. The van der Waals surface area contributed by atoms with Gasteiger partial charge in [-0.25, -0.2) is 8.42 Å². The van der Waals surface area contributed by atoms with Crippen LogP contribution in [0.2, 0.25) is 0 Å². The van der Waals surface area contributed by atoms with Gasteiger partial charge in [-0.2, -0.15) is 0 Å². The number of likely N-dealkylation sites (N-methyl/N-ethyl adjacent to an activating group) is 1. The van der Waals surface area contributed by atoms with Gasteiger partial charge in [-0.1, -0.05) is 18.2 Å². The normalized spacial score (nSPS) is 17.2. The van der Waals surface area contributed by atoms with E-state index in [4.69, 9.17) is 4.74 Å². The van der Waals surface area contributed by atoms with Crippen molar-refractivity contribution in [3.8, 4) is 5.75 Å². The highest BCUT2D eigenvalue weighted by molar-refractivity contribution is 7.92. The smallest absolute Gasteiger partial charge is 0.262 e. The van der Waals surface area contributed by atoms with E-state index in [1.54, 1.807) is 43.5 Å². The zero-order chi connectivity index (χ0) is 17.2. The molecule has 0 saturated heterocycles. The number of rotatable bonds is 5. The first-order valence-corrected chi connectivity index (χ1v) is 9.47. The number of methoxy groups -OCH3 is 1. The van der Waals surface area contributed by atoms with E-state index in [-0.39, 0.29) is 0 Å². The highest BCUT2D eigenvalue weighted by atomic mass is 32.2. The Hall–Kier alpha value is -2.05. The van der Waals surface area contributed by atoms with Gasteiger partial charge in [0.15, 0.2) is 0 Å². The van der Waals surface area contributed by atoms with Crippen LogP contribution in [-0.4, -0.2) is 28.6 Å². The quantitative estimate of drug-likeness (QED) is 0.873. The maximum atomic E-state index is 12.9. The fourth-order valence-corrected chi connectivity index (χ4v) is 4.57. The first kappa shape index (κ1) is 16.8. The van der Waals surface area contributed by atoms with Crippen LogP contribution in [-0.2, 0) is 22.9 Å². The maximum absolute atomic E-state index is 12.9. The van der Waals surface area contributed by atoms with Crippen LogP contribution >= 0.6 is 0 Å². The molecule has 0 unspecified atom stereocenters. The first-order chi connectivity index (χ1) is 11.5. The molecule has 3 rings (SSSR count). The standard InChI is InChI=1S/C18H22N2O3S/c1-19-14-8-9-15-16(12-14)17(23-2)10-11-18(15)24(21,22)20-13-6-4-3-5-7-13/h3-7,10-11,14,19-20H,8-9,12H2,1-2H3/t14-/m0/s1. The summed E-state index contributed by atoms with van der Waals surface area (Å²) in [7, 11) is -0.0797. The van der Waals surface area contributed by atoms with Gasteiger partial charge in [-0.15, -0.1) is 0 Å². The van der Waals surface area contributed by atoms with Crippen LogP contribution in [0.4, 0.5) is 5.69 Å². The molecular weight excluding hydrogens is 324 g/mol. The lowest BCUT2D eigenvalue weighted by Gasteiger charge is -2.27. The average molecular weight is 346 g/mol. The van der Waals surface area contributed by atoms with Crippen molar-refractivity contribution < 1.29 is 13.2 Å². The molecule has 0 fully saturated rings. The summed E-state index contributed by atoms with van der Waals surface area (Å²) < 4.78 is 33.8. The number of hydrogen-bond acceptors (Lipinski definition) is 4. The summed E-state index contributed by atoms with van der Waals surface area (Å²) in [6, 6.07) is 12.7. The number of hydrogen-bond donors (Lipinski definition) is 2. The van der Waals surface area contributed by atoms with Crippen molar-refractivity contribution in [2.24, 2.45) is 0 Å². The number of anilines is 1. The average Bonchev–Trinajstić information content (AvgIpc) is 2.60. The predicted molar refractivity (Wildman–Crippen MR) is 95.1 cm³/mol. The van der Waals surface area contributed by atoms with Crippen molar-refractivity contribution in [2.45, 2.75) is 30.2 Å². The molecule has 128 valence electrons. The number of nitrogens with one attached hydrogen (secondary N) is 2. The van der Waals surface area contributed by atoms with Gasteiger partial charge >= 0.3 is 0 Å². The fourth-order valence-electron chi connectivity index (χ4n) is 3.22. The highest BCUT2D eigenvalue weighted by Crippen LogP contribution is 2.35. The Balaban J connectivity index is 2.02. The molecule has 2 N–H and O–H groups in total. The molecule has 1 aliphatic carbocycles. The molecule has 1 atom stereocenters. The Morgan fingerprint density at radius 2 is 1.83 bits per heavy atom. The van der Waals surface area contributed by atoms with Gasteiger partial charge in [-0.05, 0) is 56.1 Å². The van der Waals surface area contributed by atoms with Gasteiger partial charge in [0.1, 0.15) is 5.75 Å². The molecule has 24 heavy (non-hydrogen) atoms. The van der Waals surface area contributed by atoms with Gasteiger partial charge in [-0.3, -0.25) is 4.72 Å². The van der Waals surface area contributed by atoms with Gasteiger partial charge in [0.05, 0.1) is 12.0 Å². The largest absolute Gasteiger partial charge is 0.496 e. The third kappa shape index (κ3) is 3.25. The van der Waals surface area contributed by atoms with Crippen molar-refractivity contribution in [2.75, 3.05) is 18.9 Å². The molecule has 0 spiro atoms. The molecule has 2 aromatic carbocycles. The summed E-state index contributed by atoms with van der Waals surface area (Å²) in [4.78, 5) is 0.344. The topological polar surface area (TPSA) is 67.4 Å². The fraction of sp³-hybridized carbons (Fsp3) is 0.333. The monoisotopic (exact) mass is 346 g/mol. The summed E-state index contributed by atoms with van der Waals surface area (Å²) in [5.74, 6) is 0.753. The second-order valence-electron chi connectivity index (χ2n) is 5.92. The molecular formula is C18H22N2O3S. The van der Waals surface area contributed by atoms with Crippen molar-refractivity contribution in [3.63, 3.8) is 0 Å². The van der Waals surface area contributed by atoms with Crippen LogP contribution in [0.3, 0.4) is 0 Å². The summed E-state index contributed by atoms with van der Waals surface area (Å²) >= 11 is 0. The van der Waals surface area contributed by atoms with Crippen molar-refractivity contribution >= 4 is 15.7 Å². The molecule has 6 heteroatoms. The Morgan fingerprint density at radius 1 is 1.08 bits per heavy atom. The van der Waals surface area contributed by atoms with Gasteiger partial charge in [0, 0.05) is 17.3 Å². The van der Waals surface area contributed by atoms with Gasteiger partial charge in [0.25, 0.3) is 10.0 Å². The van der Waals surface area contributed by atoms with Crippen LogP contribution in [0.5, 0.6) is 5.75 Å². The first-order valence-electron chi connectivity index (χ1n) is 7.99. The third-order valence-electron chi connectivity index (χ3n) is 4.48. The number of fused-ring (bicyclic) bond motifs is 1. The molecule has 0 heterocycles. The molecule has 0 radical (unpaired) electrons. The van der Waals surface area contributed by atoms with Crippen LogP contribution in [0.1, 0.15) is 17.5 Å². The van der Waals surface area contributed by atoms with E-state index in [2.05, 4.69) is 10.0 Å². The lowest BCUT2D eigenvalue weighted by Crippen LogP contribution is -2.32. The second-order valence-corrected chi connectivity index (χ2v) is 7.57. The Kier molecular flexibility index (Phi) is 4.78. The minimum Gasteiger partial charge on any atom is -0.496 e. The molecule has 2 aromatic rings. The van der Waals surface area contributed by atoms with Crippen LogP contribution in [0.15, 0.2) is 47.4 Å². The molecule has 0 amide bonds. The SMILES string of the molecule is CN[C@H]1CCc2c(S(=O)(=O)Nc3ccccc3)ccc(OC)c2C1. The Morgan fingerprint density at radius 3 is 2.50 bits per heavy atom. The predicted octanol–water partition coefficient (Wildman–Crippen LogP) is 2.57. The molecule has 0 saturated carbocycles. The Bertz CT molecular complexity index is 820. The minimum atomic E-state index is -3.63. The van der Waals surface area contributed by atoms with E-state index < -0.39 is 10.0 Å². The van der Waals surface area contributed by atoms with E-state index in [0.29, 0.717) is 23.0 Å². The lowest BCUT2D eigenvalue weighted by atomic mass is 9.87. The summed E-state index contributed by atoms with van der Waals surface area (Å²) in [6.45, 7) is 0. The number of sulfonamides is 1. The summed E-state index contributed by atoms with van der Waals surface area (Å²) in [5, 5.41) is 3.27. The van der Waals surface area contributed by atoms with Crippen LogP contribution in [0, 0.1) is 0 Å². The highest BCUT2D eigenvalue weighted by Gasteiger charge is 2.28. The van der Waals surface area contributed by atoms with Crippen molar-refractivity contribution in [1.29, 1.82) is 0 Å². The number of ether oxygens (including phenoxy) is 1. The van der Waals surface area contributed by atoms with E-state index in [1.165, 1.54) is 0 Å². The molecule has 5 nitrogen and oxygen atoms in total. The van der Waals surface area contributed by atoms with Crippen LogP contribution < -0.4 is 14.8 Å². The minimum absolute atomic E-state index is 0.339. The number of para-hydroxylation sites is 1. The third-order valence-corrected chi connectivity index (χ3v) is 5.95. The lowest BCUT2D eigenvalue weighted by molar-refractivity contribution is 0.397. The molecule has 0 aromatic heterocycles.